The molecule has 1 aliphatic rings. The van der Waals surface area contributed by atoms with Crippen molar-refractivity contribution >= 4 is 29.1 Å². The minimum Gasteiger partial charge on any atom is -0.342 e. The van der Waals surface area contributed by atoms with E-state index in [1.807, 2.05) is 13.8 Å². The van der Waals surface area contributed by atoms with Crippen molar-refractivity contribution in [3.05, 3.63) is 29.0 Å². The van der Waals surface area contributed by atoms with Crippen LogP contribution in [0.25, 0.3) is 0 Å². The lowest BCUT2D eigenvalue weighted by molar-refractivity contribution is -0.134. The molecule has 1 aliphatic heterocycles. The van der Waals surface area contributed by atoms with E-state index >= 15 is 0 Å². The van der Waals surface area contributed by atoms with Crippen molar-refractivity contribution in [2.24, 2.45) is 5.92 Å². The molecule has 114 valence electrons. The van der Waals surface area contributed by atoms with Crippen LogP contribution in [-0.4, -0.2) is 23.9 Å². The maximum atomic E-state index is 13.3. The zero-order valence-corrected chi connectivity index (χ0v) is 12.9. The second-order valence-electron chi connectivity index (χ2n) is 5.35. The maximum Gasteiger partial charge on any atom is 0.250 e. The summed E-state index contributed by atoms with van der Waals surface area (Å²) < 4.78 is 13.3. The molecule has 4 nitrogen and oxygen atoms in total. The van der Waals surface area contributed by atoms with Crippen LogP contribution in [0.15, 0.2) is 18.2 Å². The zero-order chi connectivity index (χ0) is 15.7. The number of carbonyl (C=O) groups is 2. The molecule has 1 N–H and O–H groups in total. The molecule has 2 rings (SSSR count). The third kappa shape index (κ3) is 2.88. The van der Waals surface area contributed by atoms with Gasteiger partial charge >= 0.3 is 0 Å². The molecule has 2 amide bonds. The molecule has 3 atom stereocenters. The lowest BCUT2D eigenvalue weighted by atomic mass is 9.94. The van der Waals surface area contributed by atoms with Crippen molar-refractivity contribution in [3.63, 3.8) is 0 Å². The van der Waals surface area contributed by atoms with Crippen molar-refractivity contribution in [2.45, 2.75) is 39.3 Å². The van der Waals surface area contributed by atoms with E-state index in [1.165, 1.54) is 23.1 Å². The second kappa shape index (κ2) is 6.02. The summed E-state index contributed by atoms with van der Waals surface area (Å²) in [5, 5.41) is 2.68. The number of piperazine rings is 1. The number of hydrogen-bond donors (Lipinski definition) is 1. The average molecular weight is 313 g/mol. The molecule has 1 heterocycles. The first kappa shape index (κ1) is 15.8. The van der Waals surface area contributed by atoms with Crippen LogP contribution < -0.4 is 10.2 Å². The normalized spacial score (nSPS) is 24.0. The number of hydrogen-bond acceptors (Lipinski definition) is 2. The summed E-state index contributed by atoms with van der Waals surface area (Å²) in [7, 11) is 0. The summed E-state index contributed by atoms with van der Waals surface area (Å²) in [6.45, 7) is 5.51. The van der Waals surface area contributed by atoms with Crippen molar-refractivity contribution in [3.8, 4) is 0 Å². The van der Waals surface area contributed by atoms with E-state index in [9.17, 15) is 14.0 Å². The summed E-state index contributed by atoms with van der Waals surface area (Å²) >= 11 is 5.78. The molecule has 21 heavy (non-hydrogen) atoms. The van der Waals surface area contributed by atoms with Gasteiger partial charge in [-0.25, -0.2) is 4.39 Å². The number of anilines is 1. The molecule has 0 spiro atoms. The van der Waals surface area contributed by atoms with Crippen molar-refractivity contribution < 1.29 is 14.0 Å². The van der Waals surface area contributed by atoms with Gasteiger partial charge in [-0.2, -0.15) is 0 Å². The first-order chi connectivity index (χ1) is 9.86. The van der Waals surface area contributed by atoms with Crippen molar-refractivity contribution in [1.82, 2.24) is 5.32 Å². The van der Waals surface area contributed by atoms with Gasteiger partial charge in [0.1, 0.15) is 17.9 Å². The Labute approximate surface area is 128 Å². The number of nitrogens with zero attached hydrogens (tertiary/aromatic N) is 1. The van der Waals surface area contributed by atoms with Crippen LogP contribution in [0.2, 0.25) is 5.02 Å². The molecule has 1 aromatic carbocycles. The van der Waals surface area contributed by atoms with Gasteiger partial charge in [0.15, 0.2) is 0 Å². The Balaban J connectivity index is 2.40. The van der Waals surface area contributed by atoms with E-state index in [2.05, 4.69) is 5.32 Å². The van der Waals surface area contributed by atoms with Crippen LogP contribution in [0, 0.1) is 11.7 Å². The van der Waals surface area contributed by atoms with Crippen molar-refractivity contribution in [1.29, 1.82) is 0 Å². The summed E-state index contributed by atoms with van der Waals surface area (Å²) in [6, 6.07) is 2.81. The van der Waals surface area contributed by atoms with Crippen LogP contribution >= 0.6 is 11.6 Å². The molecular weight excluding hydrogens is 295 g/mol. The van der Waals surface area contributed by atoms with Crippen LogP contribution in [0.5, 0.6) is 0 Å². The van der Waals surface area contributed by atoms with E-state index in [1.54, 1.807) is 6.92 Å². The summed E-state index contributed by atoms with van der Waals surface area (Å²) in [5.41, 5.74) is 0.432. The van der Waals surface area contributed by atoms with Gasteiger partial charge < -0.3 is 5.32 Å². The van der Waals surface area contributed by atoms with Crippen LogP contribution in [0.1, 0.15) is 27.2 Å². The fraction of sp³-hybridized carbons (Fsp3) is 0.467. The topological polar surface area (TPSA) is 49.4 Å². The molecule has 6 heteroatoms. The highest BCUT2D eigenvalue weighted by Gasteiger charge is 2.40. The van der Waals surface area contributed by atoms with Gasteiger partial charge in [-0.1, -0.05) is 31.9 Å². The highest BCUT2D eigenvalue weighted by atomic mass is 35.5. The first-order valence-electron chi connectivity index (χ1n) is 6.95. The Kier molecular flexibility index (Phi) is 4.52. The fourth-order valence-electron chi connectivity index (χ4n) is 2.40. The Morgan fingerprint density at radius 2 is 2.10 bits per heavy atom. The number of benzene rings is 1. The van der Waals surface area contributed by atoms with E-state index in [4.69, 9.17) is 11.6 Å². The SMILES string of the molecule is CCC(C)C1NC(=O)C(C)N(c2ccc(F)c(Cl)c2)C1=O. The molecule has 0 aromatic heterocycles. The molecule has 1 fully saturated rings. The molecule has 0 saturated carbocycles. The van der Waals surface area contributed by atoms with Gasteiger partial charge in [0, 0.05) is 5.69 Å². The van der Waals surface area contributed by atoms with E-state index < -0.39 is 17.9 Å². The standard InChI is InChI=1S/C15H18ClFN2O2/c1-4-8(2)13-15(21)19(9(3)14(20)18-13)10-5-6-12(17)11(16)7-10/h5-9,13H,4H2,1-3H3,(H,18,20). The lowest BCUT2D eigenvalue weighted by Gasteiger charge is -2.39. The van der Waals surface area contributed by atoms with E-state index in [0.717, 1.165) is 6.42 Å². The van der Waals surface area contributed by atoms with Crippen LogP contribution in [-0.2, 0) is 9.59 Å². The maximum absolute atomic E-state index is 13.3. The highest BCUT2D eigenvalue weighted by Crippen LogP contribution is 2.28. The largest absolute Gasteiger partial charge is 0.342 e. The van der Waals surface area contributed by atoms with Crippen LogP contribution in [0.3, 0.4) is 0 Å². The van der Waals surface area contributed by atoms with E-state index in [0.29, 0.717) is 5.69 Å². The Morgan fingerprint density at radius 3 is 2.67 bits per heavy atom. The number of halogens is 2. The number of rotatable bonds is 3. The smallest absolute Gasteiger partial charge is 0.250 e. The van der Waals surface area contributed by atoms with Gasteiger partial charge in [0.05, 0.1) is 5.02 Å². The van der Waals surface area contributed by atoms with Crippen molar-refractivity contribution in [2.75, 3.05) is 4.90 Å². The van der Waals surface area contributed by atoms with Crippen LogP contribution in [0.4, 0.5) is 10.1 Å². The van der Waals surface area contributed by atoms with Gasteiger partial charge in [0.25, 0.3) is 5.91 Å². The van der Waals surface area contributed by atoms with Gasteiger partial charge in [-0.15, -0.1) is 0 Å². The molecule has 0 aliphatic carbocycles. The quantitative estimate of drug-likeness (QED) is 0.933. The van der Waals surface area contributed by atoms with E-state index in [-0.39, 0.29) is 22.8 Å². The average Bonchev–Trinajstić information content (AvgIpc) is 2.46. The molecule has 1 saturated heterocycles. The Bertz CT molecular complexity index is 579. The number of amides is 2. The molecule has 0 bridgehead atoms. The molecular formula is C15H18ClFN2O2. The Hall–Kier alpha value is -1.62. The summed E-state index contributed by atoms with van der Waals surface area (Å²) in [4.78, 5) is 26.1. The zero-order valence-electron chi connectivity index (χ0n) is 12.2. The molecule has 3 unspecified atom stereocenters. The van der Waals surface area contributed by atoms with Gasteiger partial charge in [0.2, 0.25) is 5.91 Å². The number of nitrogens with one attached hydrogen (secondary N) is 1. The second-order valence-corrected chi connectivity index (χ2v) is 5.76. The molecule has 0 radical (unpaired) electrons. The third-order valence-corrected chi connectivity index (χ3v) is 4.25. The summed E-state index contributed by atoms with van der Waals surface area (Å²) in [5.74, 6) is -0.952. The summed E-state index contributed by atoms with van der Waals surface area (Å²) in [6.07, 6.45) is 0.767. The minimum atomic E-state index is -0.653. The molecule has 1 aromatic rings. The van der Waals surface area contributed by atoms with Gasteiger partial charge in [-0.05, 0) is 31.0 Å². The highest BCUT2D eigenvalue weighted by molar-refractivity contribution is 6.31. The third-order valence-electron chi connectivity index (χ3n) is 3.96. The lowest BCUT2D eigenvalue weighted by Crippen LogP contribution is -2.64. The monoisotopic (exact) mass is 312 g/mol. The fourth-order valence-corrected chi connectivity index (χ4v) is 2.58. The number of carbonyl (C=O) groups excluding carboxylic acids is 2. The predicted molar refractivity (Wildman–Crippen MR) is 79.7 cm³/mol. The minimum absolute atomic E-state index is 0.0207. The first-order valence-corrected chi connectivity index (χ1v) is 7.33. The predicted octanol–water partition coefficient (Wildman–Crippen LogP) is 2.75. The Morgan fingerprint density at radius 1 is 1.43 bits per heavy atom. The van der Waals surface area contributed by atoms with Gasteiger partial charge in [-0.3, -0.25) is 14.5 Å².